The molecule has 0 aromatic heterocycles. The molecule has 2 heterocycles. The smallest absolute Gasteiger partial charge is 0.340 e. The van der Waals surface area contributed by atoms with E-state index >= 15 is 0 Å². The average Bonchev–Trinajstić information content (AvgIpc) is 3.18. The lowest BCUT2D eigenvalue weighted by atomic mass is 9.53. The van der Waals surface area contributed by atoms with Gasteiger partial charge < -0.3 is 45.1 Å². The number of ketones is 2. The number of aliphatic hydroxyl groups excluding tert-OH is 4. The molecule has 0 amide bonds. The van der Waals surface area contributed by atoms with Gasteiger partial charge in [-0.1, -0.05) is 38.5 Å². The van der Waals surface area contributed by atoms with Crippen molar-refractivity contribution in [1.29, 1.82) is 0 Å². The number of rotatable bonds is 12. The molecule has 13 N–H and O–H groups in total. The number of quaternary nitrogens is 1. The Bertz CT molecular complexity index is 1300. The Morgan fingerprint density at radius 1 is 0.963 bits per heavy atom. The van der Waals surface area contributed by atoms with Crippen molar-refractivity contribution in [3.63, 3.8) is 0 Å². The summed E-state index contributed by atoms with van der Waals surface area (Å²) in [6.45, 7) is 0.570. The molecule has 0 radical (unpaired) electrons. The van der Waals surface area contributed by atoms with Gasteiger partial charge in [-0.2, -0.15) is 0 Å². The fourth-order valence-corrected chi connectivity index (χ4v) is 11.3. The monoisotopic (exact) mass is 768 g/mol. The summed E-state index contributed by atoms with van der Waals surface area (Å²) in [5.41, 5.74) is 10.2. The lowest BCUT2D eigenvalue weighted by Gasteiger charge is -2.53. The number of carbonyl (C=O) groups excluding carboxylic acids is 2. The molecule has 2 saturated heterocycles. The molecule has 54 heavy (non-hydrogen) atoms. The molecule has 0 aromatic rings. The largest absolute Gasteiger partial charge is 0.394 e. The molecule has 15 heteroatoms. The summed E-state index contributed by atoms with van der Waals surface area (Å²) in [6.07, 6.45) is 2.61. The van der Waals surface area contributed by atoms with Crippen LogP contribution >= 0.6 is 0 Å². The highest BCUT2D eigenvalue weighted by Gasteiger charge is 2.62. The second kappa shape index (κ2) is 18.2. The lowest BCUT2D eigenvalue weighted by molar-refractivity contribution is -0.699. The Kier molecular flexibility index (Phi) is 14.1. The minimum Gasteiger partial charge on any atom is -0.394 e. The number of guanidine groups is 1. The maximum absolute atomic E-state index is 14.7. The molecule has 4 saturated carbocycles. The maximum atomic E-state index is 14.7. The number of carbonyl (C=O) groups is 2. The zero-order chi connectivity index (χ0) is 38.7. The second-order valence-corrected chi connectivity index (χ2v) is 17.6. The first-order chi connectivity index (χ1) is 25.9. The van der Waals surface area contributed by atoms with Crippen LogP contribution in [-0.4, -0.2) is 132 Å². The summed E-state index contributed by atoms with van der Waals surface area (Å²) in [7, 11) is 3.25. The van der Waals surface area contributed by atoms with Gasteiger partial charge in [-0.3, -0.25) is 31.4 Å². The normalized spacial score (nSPS) is 45.1. The van der Waals surface area contributed by atoms with Gasteiger partial charge in [0.25, 0.3) is 0 Å². The van der Waals surface area contributed by atoms with E-state index in [2.05, 4.69) is 15.6 Å². The molecule has 308 valence electrons. The van der Waals surface area contributed by atoms with E-state index in [0.717, 1.165) is 32.2 Å². The van der Waals surface area contributed by atoms with Gasteiger partial charge in [-0.25, -0.2) is 0 Å². The van der Waals surface area contributed by atoms with Crippen LogP contribution in [0, 0.1) is 47.3 Å². The number of hydrogen-bond acceptors (Lipinski definition) is 11. The zero-order valence-electron chi connectivity index (χ0n) is 32.3. The second-order valence-electron chi connectivity index (χ2n) is 17.6. The zero-order valence-corrected chi connectivity index (χ0v) is 32.3. The van der Waals surface area contributed by atoms with Crippen LogP contribution in [0.5, 0.6) is 0 Å². The van der Waals surface area contributed by atoms with Gasteiger partial charge in [0.1, 0.15) is 41.6 Å². The van der Waals surface area contributed by atoms with Crippen molar-refractivity contribution in [3.8, 4) is 0 Å². The Labute approximate surface area is 319 Å². The Morgan fingerprint density at radius 2 is 1.70 bits per heavy atom. The summed E-state index contributed by atoms with van der Waals surface area (Å²) >= 11 is 0. The number of hydrogen-bond donors (Lipinski definition) is 10. The Morgan fingerprint density at radius 3 is 2.39 bits per heavy atom. The van der Waals surface area contributed by atoms with Crippen molar-refractivity contribution in [2.45, 2.75) is 145 Å². The van der Waals surface area contributed by atoms with Gasteiger partial charge in [0, 0.05) is 37.7 Å². The molecule has 16 atom stereocenters. The first-order valence-corrected chi connectivity index (χ1v) is 20.8. The molecule has 6 fully saturated rings. The lowest BCUT2D eigenvalue weighted by Crippen LogP contribution is -2.94. The van der Waals surface area contributed by atoms with Crippen LogP contribution < -0.4 is 27.1 Å². The van der Waals surface area contributed by atoms with Crippen LogP contribution in [0.4, 0.5) is 0 Å². The van der Waals surface area contributed by atoms with Gasteiger partial charge in [0.05, 0.1) is 56.9 Å². The van der Waals surface area contributed by atoms with E-state index in [1.54, 1.807) is 14.2 Å². The number of nitrogens with two attached hydrogens (primary N) is 3. The molecule has 15 nitrogen and oxygen atoms in total. The quantitative estimate of drug-likeness (QED) is 0.0702. The molecular formula is C39H69N5O10+2. The summed E-state index contributed by atoms with van der Waals surface area (Å²) < 4.78 is 18.2. The first-order valence-electron chi connectivity index (χ1n) is 20.8. The van der Waals surface area contributed by atoms with Crippen molar-refractivity contribution in [1.82, 2.24) is 5.32 Å². The van der Waals surface area contributed by atoms with Crippen LogP contribution in [0.15, 0.2) is 0 Å². The number of methoxy groups -OCH3 is 1. The van der Waals surface area contributed by atoms with E-state index in [1.807, 2.05) is 0 Å². The predicted octanol–water partition coefficient (Wildman–Crippen LogP) is -3.02. The number of fused-ring (bicyclic) bond motifs is 2. The van der Waals surface area contributed by atoms with Crippen molar-refractivity contribution in [2.75, 3.05) is 33.9 Å². The number of piperidine rings is 1. The molecular weight excluding hydrogens is 698 g/mol. The molecule has 0 spiro atoms. The minimum atomic E-state index is -1.95. The average molecular weight is 768 g/mol. The third-order valence-corrected chi connectivity index (χ3v) is 14.5. The number of Topliss-reactive ketones (excluding diaryl/α,β-unsaturated/α-hetero) is 2. The van der Waals surface area contributed by atoms with E-state index in [1.165, 1.54) is 32.1 Å². The van der Waals surface area contributed by atoms with E-state index in [0.29, 0.717) is 37.7 Å². The topological polar surface area (TPSA) is 258 Å². The number of ether oxygens (including phenoxy) is 3. The first kappa shape index (κ1) is 41.8. The molecule has 6 rings (SSSR count). The SMILES string of the molecule is C[NH+]=C(N)NCC1C(CCC2CCCCC2)CC2C(=O)C3CC(OC)CC(OC4OC(CO)C(O)(CCC5CC[NH2+]C(N)C5)C(O)C4O)C3C(=O)C2C1O. The summed E-state index contributed by atoms with van der Waals surface area (Å²) in [4.78, 5) is 32.2. The maximum Gasteiger partial charge on any atom is 0.340 e. The third kappa shape index (κ3) is 8.70. The van der Waals surface area contributed by atoms with E-state index in [9.17, 15) is 35.1 Å². The van der Waals surface area contributed by atoms with Gasteiger partial charge in [0.15, 0.2) is 6.29 Å². The standard InChI is InChI=1S/C39H67N5O10/c1-42-38(41)44-18-26-22(9-8-20-6-4-3-5-7-20)15-24-31(33(26)47)34(48)30-25(32(24)46)16-23(52-2)17-27(30)53-37-35(49)36(50)39(51,28(19-45)54-37)12-10-21-11-13-43-29(40)14-21/h20-31,33,35-37,43,45,47,49-51H,3-19,40H2,1-2H3,(H3,41,42,44)/p+2. The Hall–Kier alpha value is -1.79. The molecule has 2 aliphatic heterocycles. The fraction of sp³-hybridized carbons (Fsp3) is 0.923. The summed E-state index contributed by atoms with van der Waals surface area (Å²) in [5, 5.41) is 62.2. The van der Waals surface area contributed by atoms with Crippen LogP contribution in [0.25, 0.3) is 0 Å². The number of aliphatic hydroxyl groups is 5. The molecule has 0 aromatic carbocycles. The molecule has 6 aliphatic rings. The van der Waals surface area contributed by atoms with Crippen molar-refractivity contribution < 1.29 is 59.6 Å². The molecule has 4 aliphatic carbocycles. The van der Waals surface area contributed by atoms with Crippen LogP contribution in [-0.2, 0) is 23.8 Å². The fourth-order valence-electron chi connectivity index (χ4n) is 11.3. The van der Waals surface area contributed by atoms with Crippen LogP contribution in [0.3, 0.4) is 0 Å². The highest BCUT2D eigenvalue weighted by Crippen LogP contribution is 2.52. The highest BCUT2D eigenvalue weighted by molar-refractivity contribution is 6.00. The minimum absolute atomic E-state index is 0.0251. The van der Waals surface area contributed by atoms with Gasteiger partial charge in [0.2, 0.25) is 0 Å². The highest BCUT2D eigenvalue weighted by atomic mass is 16.7. The third-order valence-electron chi connectivity index (χ3n) is 14.5. The van der Waals surface area contributed by atoms with Gasteiger partial charge >= 0.3 is 5.96 Å². The van der Waals surface area contributed by atoms with Gasteiger partial charge in [-0.15, -0.1) is 0 Å². The van der Waals surface area contributed by atoms with Gasteiger partial charge in [-0.05, 0) is 56.3 Å². The van der Waals surface area contributed by atoms with E-state index < -0.39 is 78.8 Å². The summed E-state index contributed by atoms with van der Waals surface area (Å²) in [6, 6.07) is 0. The molecule has 16 unspecified atom stereocenters. The van der Waals surface area contributed by atoms with E-state index in [4.69, 9.17) is 25.7 Å². The van der Waals surface area contributed by atoms with Crippen molar-refractivity contribution in [2.24, 2.45) is 58.8 Å². The predicted molar refractivity (Wildman–Crippen MR) is 196 cm³/mol. The van der Waals surface area contributed by atoms with E-state index in [-0.39, 0.29) is 48.3 Å². The molecule has 0 bridgehead atoms. The van der Waals surface area contributed by atoms with Crippen molar-refractivity contribution >= 4 is 17.5 Å². The number of nitrogens with one attached hydrogen (secondary N) is 2. The summed E-state index contributed by atoms with van der Waals surface area (Å²) in [5.74, 6) is -2.60. The van der Waals surface area contributed by atoms with Crippen LogP contribution in [0.2, 0.25) is 0 Å². The van der Waals surface area contributed by atoms with Crippen molar-refractivity contribution in [3.05, 3.63) is 0 Å². The Balaban J connectivity index is 1.20. The van der Waals surface area contributed by atoms with Crippen LogP contribution in [0.1, 0.15) is 89.9 Å².